The Labute approximate surface area is 110 Å². The van der Waals surface area contributed by atoms with Crippen LogP contribution in [0.2, 0.25) is 0 Å². The van der Waals surface area contributed by atoms with E-state index in [0.717, 1.165) is 4.47 Å². The van der Waals surface area contributed by atoms with Gasteiger partial charge in [-0.3, -0.25) is 5.10 Å². The van der Waals surface area contributed by atoms with Crippen molar-refractivity contribution in [1.82, 2.24) is 25.3 Å². The minimum Gasteiger partial charge on any atom is -0.397 e. The van der Waals surface area contributed by atoms with Crippen molar-refractivity contribution in [2.75, 3.05) is 5.73 Å². The molecule has 0 saturated carbocycles. The number of nitrogen functional groups attached to an aromatic ring is 1. The molecule has 0 aliphatic rings. The van der Waals surface area contributed by atoms with Gasteiger partial charge in [0.25, 0.3) is 5.89 Å². The van der Waals surface area contributed by atoms with Crippen LogP contribution in [-0.4, -0.2) is 25.3 Å². The molecule has 18 heavy (non-hydrogen) atoms. The van der Waals surface area contributed by atoms with Gasteiger partial charge in [-0.25, -0.2) is 4.98 Å². The summed E-state index contributed by atoms with van der Waals surface area (Å²) in [4.78, 5) is 8.15. The molecule has 3 aromatic rings. The topological polar surface area (TPSA) is 107 Å². The number of nitrogens with two attached hydrogens (primary N) is 1. The lowest BCUT2D eigenvalue weighted by Crippen LogP contribution is -1.91. The molecule has 2 heterocycles. The molecule has 0 unspecified atom stereocenters. The van der Waals surface area contributed by atoms with Gasteiger partial charge in [0.2, 0.25) is 5.82 Å². The number of halogens is 1. The number of nitrogens with one attached hydrogen (secondary N) is 1. The van der Waals surface area contributed by atoms with Crippen molar-refractivity contribution in [3.05, 3.63) is 29.0 Å². The van der Waals surface area contributed by atoms with E-state index in [9.17, 15) is 0 Å². The minimum absolute atomic E-state index is 0.334. The molecule has 0 aliphatic heterocycles. The molecular weight excluding hydrogens is 300 g/mol. The predicted octanol–water partition coefficient (Wildman–Crippen LogP) is 1.87. The Hall–Kier alpha value is -2.22. The number of anilines is 1. The van der Waals surface area contributed by atoms with E-state index in [-0.39, 0.29) is 0 Å². The monoisotopic (exact) mass is 306 g/mol. The average Bonchev–Trinajstić information content (AvgIpc) is 3.01. The molecule has 0 atom stereocenters. The van der Waals surface area contributed by atoms with E-state index in [4.69, 9.17) is 10.3 Å². The van der Waals surface area contributed by atoms with Gasteiger partial charge in [-0.15, -0.1) is 0 Å². The summed E-state index contributed by atoms with van der Waals surface area (Å²) in [6.45, 7) is 0. The Kier molecular flexibility index (Phi) is 2.56. The SMILES string of the molecule is Nc1c(Br)cccc1-c1nc(-c2ncn[nH]2)no1. The summed E-state index contributed by atoms with van der Waals surface area (Å²) in [5.74, 6) is 1.11. The van der Waals surface area contributed by atoms with Gasteiger partial charge in [0.1, 0.15) is 6.33 Å². The van der Waals surface area contributed by atoms with E-state index >= 15 is 0 Å². The number of hydrogen-bond donors (Lipinski definition) is 2. The Morgan fingerprint density at radius 3 is 3.00 bits per heavy atom. The number of para-hydroxylation sites is 1. The molecule has 0 spiro atoms. The van der Waals surface area contributed by atoms with Gasteiger partial charge >= 0.3 is 0 Å². The first-order chi connectivity index (χ1) is 8.75. The zero-order valence-electron chi connectivity index (χ0n) is 8.96. The molecule has 0 amide bonds. The van der Waals surface area contributed by atoms with Crippen LogP contribution < -0.4 is 5.73 Å². The van der Waals surface area contributed by atoms with E-state index in [1.54, 1.807) is 6.07 Å². The summed E-state index contributed by atoms with van der Waals surface area (Å²) in [6.07, 6.45) is 1.37. The molecular formula is C10H7BrN6O. The molecule has 3 N–H and O–H groups in total. The quantitative estimate of drug-likeness (QED) is 0.700. The van der Waals surface area contributed by atoms with Crippen LogP contribution in [-0.2, 0) is 0 Å². The van der Waals surface area contributed by atoms with Crippen molar-refractivity contribution >= 4 is 21.6 Å². The second kappa shape index (κ2) is 4.22. The third-order valence-electron chi connectivity index (χ3n) is 2.34. The maximum Gasteiger partial charge on any atom is 0.260 e. The Balaban J connectivity index is 2.06. The number of nitrogens with zero attached hydrogens (tertiary/aromatic N) is 4. The molecule has 0 fully saturated rings. The maximum atomic E-state index is 5.93. The van der Waals surface area contributed by atoms with Crippen molar-refractivity contribution in [1.29, 1.82) is 0 Å². The van der Waals surface area contributed by atoms with Gasteiger partial charge in [-0.05, 0) is 28.1 Å². The second-order valence-electron chi connectivity index (χ2n) is 3.46. The number of aromatic amines is 1. The largest absolute Gasteiger partial charge is 0.397 e. The Morgan fingerprint density at radius 2 is 2.22 bits per heavy atom. The summed E-state index contributed by atoms with van der Waals surface area (Å²) in [6, 6.07) is 5.48. The third-order valence-corrected chi connectivity index (χ3v) is 3.03. The summed E-state index contributed by atoms with van der Waals surface area (Å²) in [5.41, 5.74) is 7.15. The van der Waals surface area contributed by atoms with Crippen molar-refractivity contribution in [2.45, 2.75) is 0 Å². The van der Waals surface area contributed by atoms with Gasteiger partial charge in [0.15, 0.2) is 5.82 Å². The second-order valence-corrected chi connectivity index (χ2v) is 4.31. The molecule has 2 aromatic heterocycles. The first-order valence-corrected chi connectivity index (χ1v) is 5.79. The predicted molar refractivity (Wildman–Crippen MR) is 67.2 cm³/mol. The average molecular weight is 307 g/mol. The van der Waals surface area contributed by atoms with Crippen LogP contribution in [0.5, 0.6) is 0 Å². The Morgan fingerprint density at radius 1 is 1.33 bits per heavy atom. The molecule has 90 valence electrons. The lowest BCUT2D eigenvalue weighted by molar-refractivity contribution is 0.432. The Bertz CT molecular complexity index is 678. The van der Waals surface area contributed by atoms with Crippen LogP contribution in [0.3, 0.4) is 0 Å². The standard InChI is InChI=1S/C10H7BrN6O/c11-6-3-1-2-5(7(6)12)10-15-9(17-18-10)8-13-4-14-16-8/h1-4H,12H2,(H,13,14,16). The maximum absolute atomic E-state index is 5.93. The summed E-state index contributed by atoms with van der Waals surface area (Å²) in [5, 5.41) is 10.2. The number of hydrogen-bond acceptors (Lipinski definition) is 6. The smallest absolute Gasteiger partial charge is 0.260 e. The van der Waals surface area contributed by atoms with Crippen molar-refractivity contribution < 1.29 is 4.52 Å². The fraction of sp³-hybridized carbons (Fsp3) is 0. The molecule has 7 nitrogen and oxygen atoms in total. The summed E-state index contributed by atoms with van der Waals surface area (Å²) < 4.78 is 5.94. The van der Waals surface area contributed by atoms with Gasteiger partial charge in [-0.2, -0.15) is 10.1 Å². The third kappa shape index (κ3) is 1.76. The van der Waals surface area contributed by atoms with Crippen LogP contribution in [0.1, 0.15) is 0 Å². The van der Waals surface area contributed by atoms with Crippen molar-refractivity contribution in [3.63, 3.8) is 0 Å². The van der Waals surface area contributed by atoms with E-state index < -0.39 is 0 Å². The molecule has 0 radical (unpaired) electrons. The van der Waals surface area contributed by atoms with Gasteiger partial charge in [0, 0.05) is 4.47 Å². The molecule has 0 aliphatic carbocycles. The number of H-pyrrole nitrogens is 1. The first-order valence-electron chi connectivity index (χ1n) is 4.99. The highest BCUT2D eigenvalue weighted by molar-refractivity contribution is 9.10. The van der Waals surface area contributed by atoms with E-state index in [0.29, 0.717) is 28.8 Å². The van der Waals surface area contributed by atoms with Crippen molar-refractivity contribution in [2.24, 2.45) is 0 Å². The fourth-order valence-corrected chi connectivity index (χ4v) is 1.83. The number of rotatable bonds is 2. The van der Waals surface area contributed by atoms with E-state index in [2.05, 4.69) is 41.3 Å². The molecule has 8 heteroatoms. The van der Waals surface area contributed by atoms with Gasteiger partial charge in [0.05, 0.1) is 11.3 Å². The molecule has 1 aromatic carbocycles. The molecule has 3 rings (SSSR count). The zero-order chi connectivity index (χ0) is 12.5. The number of aromatic nitrogens is 5. The summed E-state index contributed by atoms with van der Waals surface area (Å²) in [7, 11) is 0. The highest BCUT2D eigenvalue weighted by Gasteiger charge is 2.15. The summed E-state index contributed by atoms with van der Waals surface area (Å²) >= 11 is 3.35. The number of benzene rings is 1. The van der Waals surface area contributed by atoms with Crippen LogP contribution in [0.4, 0.5) is 5.69 Å². The van der Waals surface area contributed by atoms with Crippen LogP contribution >= 0.6 is 15.9 Å². The highest BCUT2D eigenvalue weighted by atomic mass is 79.9. The van der Waals surface area contributed by atoms with Crippen LogP contribution in [0, 0.1) is 0 Å². The van der Waals surface area contributed by atoms with E-state index in [1.807, 2.05) is 12.1 Å². The highest BCUT2D eigenvalue weighted by Crippen LogP contribution is 2.31. The molecule has 0 bridgehead atoms. The van der Waals surface area contributed by atoms with Crippen LogP contribution in [0.15, 0.2) is 33.5 Å². The first kappa shape index (κ1) is 10.9. The van der Waals surface area contributed by atoms with Gasteiger partial charge in [-0.1, -0.05) is 11.2 Å². The lowest BCUT2D eigenvalue weighted by Gasteiger charge is -2.01. The van der Waals surface area contributed by atoms with E-state index in [1.165, 1.54) is 6.33 Å². The van der Waals surface area contributed by atoms with Crippen LogP contribution in [0.25, 0.3) is 23.1 Å². The lowest BCUT2D eigenvalue weighted by atomic mass is 10.2. The zero-order valence-corrected chi connectivity index (χ0v) is 10.5. The minimum atomic E-state index is 0.334. The van der Waals surface area contributed by atoms with Crippen molar-refractivity contribution in [3.8, 4) is 23.1 Å². The van der Waals surface area contributed by atoms with Gasteiger partial charge < -0.3 is 10.3 Å². The normalized spacial score (nSPS) is 10.7. The fourth-order valence-electron chi connectivity index (χ4n) is 1.47. The molecule has 0 saturated heterocycles.